The summed E-state index contributed by atoms with van der Waals surface area (Å²) in [5.41, 5.74) is 2.09. The third kappa shape index (κ3) is 2.59. The molecule has 0 bridgehead atoms. The van der Waals surface area contributed by atoms with Crippen LogP contribution in [0.4, 0.5) is 0 Å². The molecule has 4 atom stereocenters. The molecular formula is C16H20N2O2S. The van der Waals surface area contributed by atoms with Crippen LogP contribution in [0.15, 0.2) is 34.3 Å². The second-order valence-electron chi connectivity index (χ2n) is 6.81. The highest BCUT2D eigenvalue weighted by molar-refractivity contribution is 7.89. The van der Waals surface area contributed by atoms with Gasteiger partial charge in [0.2, 0.25) is 0 Å². The Hall–Kier alpha value is -1.36. The van der Waals surface area contributed by atoms with Crippen LogP contribution in [-0.4, -0.2) is 14.1 Å². The van der Waals surface area contributed by atoms with Crippen molar-refractivity contribution >= 4 is 15.7 Å². The standard InChI is InChI=1S/C16H20N2O2S/c1-10-2-4-14(5-3-10)21(19,20)18-17-13-6-11-8-15(11)16-9-12(16)7-13/h2-5,11-12,15-16,18H,6-9H2,1H3/t11-,12-,15+,16+/m1/s1. The van der Waals surface area contributed by atoms with Crippen molar-refractivity contribution in [1.29, 1.82) is 0 Å². The monoisotopic (exact) mass is 304 g/mol. The van der Waals surface area contributed by atoms with Crippen LogP contribution in [0, 0.1) is 30.6 Å². The average Bonchev–Trinajstić information content (AvgIpc) is 3.29. The van der Waals surface area contributed by atoms with Gasteiger partial charge in [0.15, 0.2) is 0 Å². The molecule has 1 N–H and O–H groups in total. The first-order valence-corrected chi connectivity index (χ1v) is 9.15. The minimum Gasteiger partial charge on any atom is -0.200 e. The lowest BCUT2D eigenvalue weighted by atomic mass is 10.1. The largest absolute Gasteiger partial charge is 0.276 e. The molecule has 5 heteroatoms. The maximum absolute atomic E-state index is 12.2. The van der Waals surface area contributed by atoms with E-state index in [1.54, 1.807) is 24.3 Å². The summed E-state index contributed by atoms with van der Waals surface area (Å²) in [7, 11) is -3.53. The van der Waals surface area contributed by atoms with Crippen LogP contribution < -0.4 is 4.83 Å². The molecule has 3 aliphatic carbocycles. The molecule has 0 saturated heterocycles. The van der Waals surface area contributed by atoms with E-state index in [0.717, 1.165) is 47.8 Å². The highest BCUT2D eigenvalue weighted by atomic mass is 32.2. The number of benzene rings is 1. The number of hydrogen-bond acceptors (Lipinski definition) is 3. The third-order valence-corrected chi connectivity index (χ3v) is 6.38. The molecule has 0 radical (unpaired) electrons. The van der Waals surface area contributed by atoms with Gasteiger partial charge in [0.1, 0.15) is 0 Å². The molecule has 4 rings (SSSR count). The van der Waals surface area contributed by atoms with E-state index in [4.69, 9.17) is 0 Å². The van der Waals surface area contributed by atoms with Crippen molar-refractivity contribution < 1.29 is 8.42 Å². The zero-order valence-electron chi connectivity index (χ0n) is 12.1. The summed E-state index contributed by atoms with van der Waals surface area (Å²) in [4.78, 5) is 2.71. The summed E-state index contributed by atoms with van der Waals surface area (Å²) in [5.74, 6) is 3.36. The molecule has 1 aromatic carbocycles. The van der Waals surface area contributed by atoms with Gasteiger partial charge < -0.3 is 0 Å². The second-order valence-corrected chi connectivity index (χ2v) is 8.47. The van der Waals surface area contributed by atoms with Crippen LogP contribution in [0.3, 0.4) is 0 Å². The number of hydrogen-bond donors (Lipinski definition) is 1. The molecule has 0 amide bonds. The molecule has 0 unspecified atom stereocenters. The van der Waals surface area contributed by atoms with Crippen molar-refractivity contribution in [3.63, 3.8) is 0 Å². The van der Waals surface area contributed by atoms with Gasteiger partial charge in [0, 0.05) is 5.71 Å². The van der Waals surface area contributed by atoms with Gasteiger partial charge in [-0.1, -0.05) is 17.7 Å². The second kappa shape index (κ2) is 4.57. The van der Waals surface area contributed by atoms with E-state index in [9.17, 15) is 8.42 Å². The SMILES string of the molecule is Cc1ccc(S(=O)(=O)NN=C2C[C@@H]3C[C@@H]3[C@H]3C[C@H]3C2)cc1. The average molecular weight is 304 g/mol. The highest BCUT2D eigenvalue weighted by Crippen LogP contribution is 2.62. The fourth-order valence-corrected chi connectivity index (χ4v) is 4.58. The van der Waals surface area contributed by atoms with Crippen molar-refractivity contribution in [3.8, 4) is 0 Å². The maximum atomic E-state index is 12.2. The van der Waals surface area contributed by atoms with E-state index in [1.165, 1.54) is 12.8 Å². The minimum absolute atomic E-state index is 0.277. The fraction of sp³-hybridized carbons (Fsp3) is 0.562. The van der Waals surface area contributed by atoms with Crippen LogP contribution >= 0.6 is 0 Å². The topological polar surface area (TPSA) is 58.5 Å². The van der Waals surface area contributed by atoms with E-state index in [2.05, 4.69) is 9.93 Å². The molecule has 0 aromatic heterocycles. The maximum Gasteiger partial charge on any atom is 0.276 e. The summed E-state index contributed by atoms with van der Waals surface area (Å²) >= 11 is 0. The Morgan fingerprint density at radius 1 is 1.05 bits per heavy atom. The van der Waals surface area contributed by atoms with E-state index in [0.29, 0.717) is 0 Å². The number of nitrogens with zero attached hydrogens (tertiary/aromatic N) is 1. The first-order chi connectivity index (χ1) is 10.0. The van der Waals surface area contributed by atoms with Gasteiger partial charge in [0.25, 0.3) is 10.0 Å². The zero-order chi connectivity index (χ0) is 14.6. The molecule has 1 aromatic rings. The number of rotatable bonds is 3. The Morgan fingerprint density at radius 2 is 1.62 bits per heavy atom. The first-order valence-electron chi connectivity index (χ1n) is 7.67. The van der Waals surface area contributed by atoms with E-state index >= 15 is 0 Å². The van der Waals surface area contributed by atoms with Crippen LogP contribution in [0.1, 0.15) is 31.2 Å². The van der Waals surface area contributed by atoms with E-state index in [1.807, 2.05) is 6.92 Å². The predicted octanol–water partition coefficient (Wildman–Crippen LogP) is 2.70. The van der Waals surface area contributed by atoms with E-state index in [-0.39, 0.29) is 4.90 Å². The smallest absolute Gasteiger partial charge is 0.200 e. The summed E-state index contributed by atoms with van der Waals surface area (Å²) in [6, 6.07) is 6.85. The molecule has 4 nitrogen and oxygen atoms in total. The summed E-state index contributed by atoms with van der Waals surface area (Å²) in [6.45, 7) is 1.94. The van der Waals surface area contributed by atoms with Crippen LogP contribution in [-0.2, 0) is 10.0 Å². The Kier molecular flexibility index (Phi) is 2.89. The fourth-order valence-electron chi connectivity index (χ4n) is 3.73. The number of hydrazone groups is 1. The predicted molar refractivity (Wildman–Crippen MR) is 81.4 cm³/mol. The van der Waals surface area contributed by atoms with Crippen molar-refractivity contribution in [2.45, 2.75) is 37.5 Å². The van der Waals surface area contributed by atoms with Gasteiger partial charge in [-0.05, 0) is 68.4 Å². The quantitative estimate of drug-likeness (QED) is 0.873. The Labute approximate surface area is 125 Å². The van der Waals surface area contributed by atoms with Gasteiger partial charge in [-0.2, -0.15) is 13.5 Å². The molecule has 3 aliphatic rings. The Morgan fingerprint density at radius 3 is 2.19 bits per heavy atom. The third-order valence-electron chi connectivity index (χ3n) is 5.16. The summed E-state index contributed by atoms with van der Waals surface area (Å²) in [5, 5.41) is 4.25. The van der Waals surface area contributed by atoms with Crippen molar-refractivity contribution in [1.82, 2.24) is 4.83 Å². The summed E-state index contributed by atoms with van der Waals surface area (Å²) in [6.07, 6.45) is 4.61. The summed E-state index contributed by atoms with van der Waals surface area (Å²) < 4.78 is 24.5. The normalized spacial score (nSPS) is 33.5. The highest BCUT2D eigenvalue weighted by Gasteiger charge is 2.55. The molecule has 0 aliphatic heterocycles. The lowest BCUT2D eigenvalue weighted by Gasteiger charge is -2.07. The Bertz CT molecular complexity index is 673. The Balaban J connectivity index is 1.49. The van der Waals surface area contributed by atoms with Crippen molar-refractivity contribution in [2.24, 2.45) is 28.8 Å². The number of nitrogens with one attached hydrogen (secondary N) is 1. The molecule has 3 fully saturated rings. The zero-order valence-corrected chi connectivity index (χ0v) is 12.9. The number of fused-ring (bicyclic) bond motifs is 3. The van der Waals surface area contributed by atoms with Gasteiger partial charge in [-0.3, -0.25) is 0 Å². The van der Waals surface area contributed by atoms with Gasteiger partial charge in [0.05, 0.1) is 4.90 Å². The number of aryl methyl sites for hydroxylation is 1. The first kappa shape index (κ1) is 13.3. The lowest BCUT2D eigenvalue weighted by molar-refractivity contribution is 0.584. The molecule has 0 heterocycles. The molecule has 112 valence electrons. The van der Waals surface area contributed by atoms with Gasteiger partial charge in [-0.15, -0.1) is 0 Å². The van der Waals surface area contributed by atoms with Crippen LogP contribution in [0.25, 0.3) is 0 Å². The van der Waals surface area contributed by atoms with Crippen LogP contribution in [0.5, 0.6) is 0 Å². The van der Waals surface area contributed by atoms with E-state index < -0.39 is 10.0 Å². The van der Waals surface area contributed by atoms with Crippen molar-refractivity contribution in [2.75, 3.05) is 0 Å². The minimum atomic E-state index is -3.53. The van der Waals surface area contributed by atoms with Crippen LogP contribution in [0.2, 0.25) is 0 Å². The molecule has 21 heavy (non-hydrogen) atoms. The molecular weight excluding hydrogens is 284 g/mol. The lowest BCUT2D eigenvalue weighted by Crippen LogP contribution is -2.20. The van der Waals surface area contributed by atoms with Crippen molar-refractivity contribution in [3.05, 3.63) is 29.8 Å². The molecule has 3 saturated carbocycles. The number of sulfonamides is 1. The molecule has 0 spiro atoms. The van der Waals surface area contributed by atoms with Gasteiger partial charge >= 0.3 is 0 Å². The van der Waals surface area contributed by atoms with Gasteiger partial charge in [-0.25, -0.2) is 4.83 Å².